The van der Waals surface area contributed by atoms with E-state index in [9.17, 15) is 0 Å². The molecule has 146 valence electrons. The van der Waals surface area contributed by atoms with E-state index in [2.05, 4.69) is 50.0 Å². The first kappa shape index (κ1) is 19.2. The molecule has 0 spiro atoms. The van der Waals surface area contributed by atoms with Gasteiger partial charge < -0.3 is 9.64 Å². The molecule has 0 saturated carbocycles. The number of benzene rings is 2. The number of thioether (sulfide) groups is 1. The van der Waals surface area contributed by atoms with Crippen molar-refractivity contribution in [3.63, 3.8) is 0 Å². The smallest absolute Gasteiger partial charge is 0.214 e. The van der Waals surface area contributed by atoms with Gasteiger partial charge in [0.05, 0.1) is 11.8 Å². The first-order valence-electron chi connectivity index (χ1n) is 8.93. The summed E-state index contributed by atoms with van der Waals surface area (Å²) in [5, 5.41) is 16.8. The van der Waals surface area contributed by atoms with Crippen LogP contribution in [0.3, 0.4) is 0 Å². The van der Waals surface area contributed by atoms with Gasteiger partial charge in [-0.15, -0.1) is 5.10 Å². The summed E-state index contributed by atoms with van der Waals surface area (Å²) < 4.78 is 7.88. The molecule has 0 amide bonds. The number of tetrazole rings is 1. The van der Waals surface area contributed by atoms with E-state index in [0.717, 1.165) is 28.7 Å². The third kappa shape index (κ3) is 4.30. The van der Waals surface area contributed by atoms with Gasteiger partial charge in [0.1, 0.15) is 6.23 Å². The maximum absolute atomic E-state index is 6.17. The topological polar surface area (TPSA) is 68.1 Å². The second kappa shape index (κ2) is 8.48. The van der Waals surface area contributed by atoms with Gasteiger partial charge in [-0.25, -0.2) is 0 Å². The molecule has 7 nitrogen and oxygen atoms in total. The van der Waals surface area contributed by atoms with Crippen LogP contribution in [0.2, 0.25) is 5.02 Å². The lowest BCUT2D eigenvalue weighted by molar-refractivity contribution is 0.0534. The lowest BCUT2D eigenvalue weighted by atomic mass is 10.2. The predicted octanol–water partition coefficient (Wildman–Crippen LogP) is 3.16. The normalized spacial score (nSPS) is 19.1. The van der Waals surface area contributed by atoms with E-state index in [-0.39, 0.29) is 12.3 Å². The number of hydrogen-bond acceptors (Lipinski definition) is 7. The summed E-state index contributed by atoms with van der Waals surface area (Å²) in [5.74, 6) is 0.757. The molecule has 1 N–H and O–H groups in total. The van der Waals surface area contributed by atoms with Gasteiger partial charge in [-0.05, 0) is 52.4 Å². The van der Waals surface area contributed by atoms with Crippen molar-refractivity contribution in [2.24, 2.45) is 0 Å². The van der Waals surface area contributed by atoms with Crippen molar-refractivity contribution in [3.05, 3.63) is 59.1 Å². The molecule has 1 aromatic heterocycles. The first-order valence-corrected chi connectivity index (χ1v) is 10.3. The second-order valence-corrected chi connectivity index (χ2v) is 8.12. The Morgan fingerprint density at radius 1 is 1.18 bits per heavy atom. The van der Waals surface area contributed by atoms with Crippen LogP contribution >= 0.6 is 23.4 Å². The molecular formula is C19H21ClN6OS. The number of anilines is 1. The van der Waals surface area contributed by atoms with Crippen molar-refractivity contribution in [1.29, 1.82) is 0 Å². The standard InChI is InChI=1S/C19H21ClN6OS/c1-25(2)15-7-3-13(4-8-15)18-21-11-17(27-18)12-28-19-22-23-24-26(19)16-9-5-14(20)6-10-16/h3-10,17-18,21H,11-12H2,1-2H3/t17-,18+/m0/s1. The maximum atomic E-state index is 6.17. The molecule has 1 fully saturated rings. The molecule has 0 unspecified atom stereocenters. The number of aromatic nitrogens is 4. The van der Waals surface area contributed by atoms with Crippen LogP contribution in [0.4, 0.5) is 5.69 Å². The summed E-state index contributed by atoms with van der Waals surface area (Å²) in [4.78, 5) is 2.08. The Labute approximate surface area is 173 Å². The third-order valence-corrected chi connectivity index (χ3v) is 5.79. The van der Waals surface area contributed by atoms with Crippen LogP contribution in [-0.4, -0.2) is 52.7 Å². The number of nitrogens with zero attached hydrogens (tertiary/aromatic N) is 5. The van der Waals surface area contributed by atoms with Gasteiger partial charge in [0.25, 0.3) is 0 Å². The summed E-state index contributed by atoms with van der Waals surface area (Å²) in [5.41, 5.74) is 3.17. The monoisotopic (exact) mass is 416 g/mol. The minimum atomic E-state index is -0.0888. The number of hydrogen-bond donors (Lipinski definition) is 1. The van der Waals surface area contributed by atoms with Gasteiger partial charge >= 0.3 is 0 Å². The van der Waals surface area contributed by atoms with Crippen LogP contribution in [0.5, 0.6) is 0 Å². The summed E-state index contributed by atoms with van der Waals surface area (Å²) in [7, 11) is 4.06. The van der Waals surface area contributed by atoms with Gasteiger partial charge in [-0.3, -0.25) is 5.32 Å². The number of nitrogens with one attached hydrogen (secondary N) is 1. The highest BCUT2D eigenvalue weighted by Crippen LogP contribution is 2.27. The summed E-state index contributed by atoms with van der Waals surface area (Å²) >= 11 is 7.53. The molecule has 2 aromatic carbocycles. The molecule has 0 bridgehead atoms. The molecule has 9 heteroatoms. The zero-order valence-electron chi connectivity index (χ0n) is 15.6. The maximum Gasteiger partial charge on any atom is 0.214 e. The zero-order chi connectivity index (χ0) is 19.5. The van der Waals surface area contributed by atoms with Crippen LogP contribution in [0.15, 0.2) is 53.7 Å². The van der Waals surface area contributed by atoms with Crippen LogP contribution in [-0.2, 0) is 4.74 Å². The van der Waals surface area contributed by atoms with Gasteiger partial charge in [0, 0.05) is 37.1 Å². The van der Waals surface area contributed by atoms with Crippen molar-refractivity contribution in [1.82, 2.24) is 25.5 Å². The first-order chi connectivity index (χ1) is 13.6. The van der Waals surface area contributed by atoms with Crippen LogP contribution < -0.4 is 10.2 Å². The average molecular weight is 417 g/mol. The molecule has 1 aliphatic rings. The fraction of sp³-hybridized carbons (Fsp3) is 0.316. The van der Waals surface area contributed by atoms with Gasteiger partial charge in [0.2, 0.25) is 5.16 Å². The molecule has 0 radical (unpaired) electrons. The Bertz CT molecular complexity index is 915. The van der Waals surface area contributed by atoms with Crippen molar-refractivity contribution >= 4 is 29.1 Å². The Morgan fingerprint density at radius 2 is 1.93 bits per heavy atom. The number of ether oxygens (including phenoxy) is 1. The molecule has 1 aliphatic heterocycles. The molecule has 4 rings (SSSR count). The van der Waals surface area contributed by atoms with Gasteiger partial charge in [0.15, 0.2) is 0 Å². The molecule has 1 saturated heterocycles. The Balaban J connectivity index is 1.35. The second-order valence-electron chi connectivity index (χ2n) is 6.69. The largest absolute Gasteiger partial charge is 0.378 e. The van der Waals surface area contributed by atoms with Crippen LogP contribution in [0.1, 0.15) is 11.8 Å². The molecule has 28 heavy (non-hydrogen) atoms. The van der Waals surface area contributed by atoms with Crippen molar-refractivity contribution in [3.8, 4) is 5.69 Å². The van der Waals surface area contributed by atoms with E-state index in [4.69, 9.17) is 16.3 Å². The predicted molar refractivity (Wildman–Crippen MR) is 111 cm³/mol. The lowest BCUT2D eigenvalue weighted by Crippen LogP contribution is -2.17. The SMILES string of the molecule is CN(C)c1ccc([C@@H]2NC[C@@H](CSc3nnnn3-c3ccc(Cl)cc3)O2)cc1. The molecule has 0 aliphatic carbocycles. The minimum absolute atomic E-state index is 0.0823. The molecule has 3 aromatic rings. The number of halogens is 1. The van der Waals surface area contributed by atoms with Crippen molar-refractivity contribution < 1.29 is 4.74 Å². The average Bonchev–Trinajstić information content (AvgIpc) is 3.36. The fourth-order valence-electron chi connectivity index (χ4n) is 2.95. The van der Waals surface area contributed by atoms with Crippen molar-refractivity contribution in [2.45, 2.75) is 17.5 Å². The van der Waals surface area contributed by atoms with Crippen molar-refractivity contribution in [2.75, 3.05) is 31.3 Å². The Kier molecular flexibility index (Phi) is 5.82. The zero-order valence-corrected chi connectivity index (χ0v) is 17.2. The quantitative estimate of drug-likeness (QED) is 0.619. The van der Waals surface area contributed by atoms with Crippen LogP contribution in [0.25, 0.3) is 5.69 Å². The number of rotatable bonds is 6. The lowest BCUT2D eigenvalue weighted by Gasteiger charge is -2.16. The molecule has 2 atom stereocenters. The van der Waals surface area contributed by atoms with Gasteiger partial charge in [-0.2, -0.15) is 4.68 Å². The third-order valence-electron chi connectivity index (χ3n) is 4.48. The summed E-state index contributed by atoms with van der Waals surface area (Å²) in [6.45, 7) is 0.787. The van der Waals surface area contributed by atoms with E-state index < -0.39 is 0 Å². The Hall–Kier alpha value is -2.13. The van der Waals surface area contributed by atoms with E-state index in [1.807, 2.05) is 38.4 Å². The summed E-state index contributed by atoms with van der Waals surface area (Å²) in [6, 6.07) is 15.8. The molecular weight excluding hydrogens is 396 g/mol. The highest BCUT2D eigenvalue weighted by molar-refractivity contribution is 7.99. The van der Waals surface area contributed by atoms with E-state index in [1.54, 1.807) is 16.4 Å². The Morgan fingerprint density at radius 3 is 2.64 bits per heavy atom. The van der Waals surface area contributed by atoms with E-state index in [1.165, 1.54) is 5.69 Å². The summed E-state index contributed by atoms with van der Waals surface area (Å²) in [6.07, 6.45) is -0.00651. The van der Waals surface area contributed by atoms with E-state index >= 15 is 0 Å². The highest BCUT2D eigenvalue weighted by Gasteiger charge is 2.26. The minimum Gasteiger partial charge on any atom is -0.378 e. The van der Waals surface area contributed by atoms with Crippen LogP contribution in [0, 0.1) is 0 Å². The van der Waals surface area contributed by atoms with Gasteiger partial charge in [-0.1, -0.05) is 35.5 Å². The highest BCUT2D eigenvalue weighted by atomic mass is 35.5. The fourth-order valence-corrected chi connectivity index (χ4v) is 3.97. The molecule has 2 heterocycles. The van der Waals surface area contributed by atoms with E-state index in [0.29, 0.717) is 5.02 Å².